The third kappa shape index (κ3) is 3.05. The molecule has 2 nitrogen and oxygen atoms in total. The molecule has 1 aromatic carbocycles. The van der Waals surface area contributed by atoms with Crippen molar-refractivity contribution in [3.8, 4) is 5.75 Å². The topological polar surface area (TPSA) is 26.3 Å². The molecule has 0 spiro atoms. The van der Waals surface area contributed by atoms with Gasteiger partial charge in [-0.3, -0.25) is 4.79 Å². The van der Waals surface area contributed by atoms with Crippen molar-refractivity contribution in [3.63, 3.8) is 0 Å². The second-order valence-electron chi connectivity index (χ2n) is 4.64. The Morgan fingerprint density at radius 2 is 2.06 bits per heavy atom. The van der Waals surface area contributed by atoms with Gasteiger partial charge < -0.3 is 4.74 Å². The largest absolute Gasteiger partial charge is 0.496 e. The third-order valence-electron chi connectivity index (χ3n) is 3.41. The number of ether oxygens (including phenoxy) is 1. The summed E-state index contributed by atoms with van der Waals surface area (Å²) in [6.45, 7) is 0. The molecule has 0 saturated heterocycles. The van der Waals surface area contributed by atoms with Gasteiger partial charge in [-0.1, -0.05) is 0 Å². The van der Waals surface area contributed by atoms with Crippen molar-refractivity contribution < 1.29 is 13.9 Å². The summed E-state index contributed by atoms with van der Waals surface area (Å²) in [6.07, 6.45) is 3.97. The average Bonchev–Trinajstić information content (AvgIpc) is 2.32. The predicted octanol–water partition coefficient (Wildman–Crippen LogP) is 3.14. The molecule has 0 atom stereocenters. The summed E-state index contributed by atoms with van der Waals surface area (Å²) in [7, 11) is 1.60. The number of Topliss-reactive ketones (excluding diaryl/α,β-unsaturated/α-hetero) is 1. The zero-order valence-corrected chi connectivity index (χ0v) is 10.0. The van der Waals surface area contributed by atoms with Gasteiger partial charge in [-0.05, 0) is 48.9 Å². The molecule has 0 radical (unpaired) electrons. The number of ketones is 1. The first-order valence-electron chi connectivity index (χ1n) is 6.03. The molecule has 0 unspecified atom stereocenters. The van der Waals surface area contributed by atoms with E-state index < -0.39 is 0 Å². The van der Waals surface area contributed by atoms with Gasteiger partial charge in [0.05, 0.1) is 7.11 Å². The van der Waals surface area contributed by atoms with E-state index in [-0.39, 0.29) is 5.82 Å². The maximum absolute atomic E-state index is 13.2. The number of halogens is 1. The Hall–Kier alpha value is -1.38. The zero-order valence-electron chi connectivity index (χ0n) is 10.0. The van der Waals surface area contributed by atoms with Crippen LogP contribution in [0.3, 0.4) is 0 Å². The molecule has 0 heterocycles. The molecule has 1 aliphatic carbocycles. The predicted molar refractivity (Wildman–Crippen MR) is 63.6 cm³/mol. The summed E-state index contributed by atoms with van der Waals surface area (Å²) >= 11 is 0. The number of methoxy groups -OCH3 is 1. The van der Waals surface area contributed by atoms with Crippen LogP contribution in [0.2, 0.25) is 0 Å². The quantitative estimate of drug-likeness (QED) is 0.806. The highest BCUT2D eigenvalue weighted by molar-refractivity contribution is 5.79. The summed E-state index contributed by atoms with van der Waals surface area (Å²) in [6, 6.07) is 4.61. The fourth-order valence-corrected chi connectivity index (χ4v) is 2.42. The number of hydrogen-bond donors (Lipinski definition) is 0. The number of carbonyl (C=O) groups excluding carboxylic acids is 1. The molecule has 1 aliphatic rings. The minimum atomic E-state index is -0.229. The first kappa shape index (κ1) is 12.1. The van der Waals surface area contributed by atoms with Crippen LogP contribution in [0.1, 0.15) is 31.2 Å². The first-order chi connectivity index (χ1) is 8.19. The van der Waals surface area contributed by atoms with Crippen molar-refractivity contribution in [2.75, 3.05) is 7.11 Å². The summed E-state index contributed by atoms with van der Waals surface area (Å²) < 4.78 is 18.4. The minimum Gasteiger partial charge on any atom is -0.496 e. The summed E-state index contributed by atoms with van der Waals surface area (Å²) in [5.41, 5.74) is 0.909. The normalized spacial score (nSPS) is 17.2. The van der Waals surface area contributed by atoms with Crippen LogP contribution in [-0.4, -0.2) is 12.9 Å². The van der Waals surface area contributed by atoms with Crippen LogP contribution in [0.5, 0.6) is 5.75 Å². The minimum absolute atomic E-state index is 0.229. The number of rotatable bonds is 3. The monoisotopic (exact) mass is 236 g/mol. The summed E-state index contributed by atoms with van der Waals surface area (Å²) in [4.78, 5) is 11.2. The van der Waals surface area contributed by atoms with E-state index in [0.717, 1.165) is 30.6 Å². The van der Waals surface area contributed by atoms with Crippen LogP contribution in [0.4, 0.5) is 4.39 Å². The van der Waals surface area contributed by atoms with Gasteiger partial charge in [-0.25, -0.2) is 4.39 Å². The van der Waals surface area contributed by atoms with E-state index in [1.165, 1.54) is 12.1 Å². The SMILES string of the molecule is COc1ccc(F)cc1CC1CCC(=O)CC1. The Labute approximate surface area is 101 Å². The second kappa shape index (κ2) is 5.30. The highest BCUT2D eigenvalue weighted by Gasteiger charge is 2.20. The molecular formula is C14H17FO2. The van der Waals surface area contributed by atoms with E-state index in [0.29, 0.717) is 24.5 Å². The van der Waals surface area contributed by atoms with E-state index in [2.05, 4.69) is 0 Å². The van der Waals surface area contributed by atoms with Crippen molar-refractivity contribution in [2.45, 2.75) is 32.1 Å². The van der Waals surface area contributed by atoms with Gasteiger partial charge in [0, 0.05) is 12.8 Å². The standard InChI is InChI=1S/C14H17FO2/c1-17-14-7-4-12(15)9-11(14)8-10-2-5-13(16)6-3-10/h4,7,9-10H,2-3,5-6,8H2,1H3. The van der Waals surface area contributed by atoms with Crippen molar-refractivity contribution in [3.05, 3.63) is 29.6 Å². The molecule has 1 aromatic rings. The van der Waals surface area contributed by atoms with Crippen LogP contribution >= 0.6 is 0 Å². The first-order valence-corrected chi connectivity index (χ1v) is 6.03. The second-order valence-corrected chi connectivity index (χ2v) is 4.64. The molecule has 1 fully saturated rings. The Morgan fingerprint density at radius 3 is 2.71 bits per heavy atom. The lowest BCUT2D eigenvalue weighted by molar-refractivity contribution is -0.121. The van der Waals surface area contributed by atoms with Gasteiger partial charge in [-0.2, -0.15) is 0 Å². The lowest BCUT2D eigenvalue weighted by Crippen LogP contribution is -2.16. The van der Waals surface area contributed by atoms with Crippen molar-refractivity contribution in [1.82, 2.24) is 0 Å². The fourth-order valence-electron chi connectivity index (χ4n) is 2.42. The fraction of sp³-hybridized carbons (Fsp3) is 0.500. The van der Waals surface area contributed by atoms with Crippen molar-refractivity contribution >= 4 is 5.78 Å². The van der Waals surface area contributed by atoms with Gasteiger partial charge >= 0.3 is 0 Å². The van der Waals surface area contributed by atoms with Crippen molar-refractivity contribution in [2.24, 2.45) is 5.92 Å². The number of benzene rings is 1. The summed E-state index contributed by atoms with van der Waals surface area (Å²) in [5, 5.41) is 0. The lowest BCUT2D eigenvalue weighted by atomic mass is 9.84. The van der Waals surface area contributed by atoms with Crippen molar-refractivity contribution in [1.29, 1.82) is 0 Å². The zero-order chi connectivity index (χ0) is 12.3. The molecule has 0 N–H and O–H groups in total. The third-order valence-corrected chi connectivity index (χ3v) is 3.41. The highest BCUT2D eigenvalue weighted by Crippen LogP contribution is 2.29. The van der Waals surface area contributed by atoms with E-state index >= 15 is 0 Å². The van der Waals surface area contributed by atoms with Gasteiger partial charge in [-0.15, -0.1) is 0 Å². The molecule has 1 saturated carbocycles. The van der Waals surface area contributed by atoms with Crippen LogP contribution in [0.15, 0.2) is 18.2 Å². The highest BCUT2D eigenvalue weighted by atomic mass is 19.1. The molecule has 0 amide bonds. The molecule has 0 aliphatic heterocycles. The van der Waals surface area contributed by atoms with E-state index in [9.17, 15) is 9.18 Å². The Bertz CT molecular complexity index is 405. The van der Waals surface area contributed by atoms with Gasteiger partial charge in [0.1, 0.15) is 17.3 Å². The van der Waals surface area contributed by atoms with Crippen LogP contribution in [0.25, 0.3) is 0 Å². The van der Waals surface area contributed by atoms with E-state index in [1.54, 1.807) is 13.2 Å². The van der Waals surface area contributed by atoms with Gasteiger partial charge in [0.25, 0.3) is 0 Å². The van der Waals surface area contributed by atoms with Gasteiger partial charge in [0.15, 0.2) is 0 Å². The van der Waals surface area contributed by atoms with E-state index in [4.69, 9.17) is 4.74 Å². The lowest BCUT2D eigenvalue weighted by Gasteiger charge is -2.21. The maximum atomic E-state index is 13.2. The van der Waals surface area contributed by atoms with Crippen LogP contribution in [-0.2, 0) is 11.2 Å². The molecule has 0 bridgehead atoms. The van der Waals surface area contributed by atoms with Crippen LogP contribution < -0.4 is 4.74 Å². The molecule has 3 heteroatoms. The van der Waals surface area contributed by atoms with Gasteiger partial charge in [0.2, 0.25) is 0 Å². The number of carbonyl (C=O) groups is 1. The smallest absolute Gasteiger partial charge is 0.132 e. The maximum Gasteiger partial charge on any atom is 0.132 e. The Kier molecular flexibility index (Phi) is 3.77. The van der Waals surface area contributed by atoms with E-state index in [1.807, 2.05) is 0 Å². The molecule has 92 valence electrons. The number of hydrogen-bond acceptors (Lipinski definition) is 2. The molecule has 0 aromatic heterocycles. The summed E-state index contributed by atoms with van der Waals surface area (Å²) in [5.74, 6) is 1.34. The Balaban J connectivity index is 2.07. The molecule has 17 heavy (non-hydrogen) atoms. The Morgan fingerprint density at radius 1 is 1.35 bits per heavy atom. The molecular weight excluding hydrogens is 219 g/mol. The van der Waals surface area contributed by atoms with Crippen LogP contribution in [0, 0.1) is 11.7 Å². The average molecular weight is 236 g/mol. The molecule has 2 rings (SSSR count).